The van der Waals surface area contributed by atoms with Gasteiger partial charge in [0.15, 0.2) is 0 Å². The van der Waals surface area contributed by atoms with Gasteiger partial charge in [0, 0.05) is 0 Å². The highest BCUT2D eigenvalue weighted by Gasteiger charge is 2.12. The third-order valence-corrected chi connectivity index (χ3v) is 2.89. The molecule has 1 nitrogen and oxygen atoms in total. The van der Waals surface area contributed by atoms with E-state index in [-0.39, 0.29) is 5.56 Å². The fourth-order valence-corrected chi connectivity index (χ4v) is 1.86. The molecule has 3 heteroatoms. The normalized spacial score (nSPS) is 10.4. The summed E-state index contributed by atoms with van der Waals surface area (Å²) in [6.07, 6.45) is 0.608. The van der Waals surface area contributed by atoms with Crippen molar-refractivity contribution in [3.8, 4) is 16.9 Å². The van der Waals surface area contributed by atoms with Crippen molar-refractivity contribution in [1.82, 2.24) is 0 Å². The largest absolute Gasteiger partial charge is 0.497 e. The van der Waals surface area contributed by atoms with Crippen LogP contribution in [0.1, 0.15) is 12.5 Å². The molecular formula is C15H14F2O. The molecule has 0 N–H and O–H groups in total. The lowest BCUT2D eigenvalue weighted by molar-refractivity contribution is 0.415. The number of halogens is 2. The molecule has 18 heavy (non-hydrogen) atoms. The van der Waals surface area contributed by atoms with Gasteiger partial charge in [-0.05, 0) is 41.8 Å². The Morgan fingerprint density at radius 2 is 1.56 bits per heavy atom. The minimum atomic E-state index is -0.531. The second kappa shape index (κ2) is 5.17. The van der Waals surface area contributed by atoms with Crippen molar-refractivity contribution in [3.63, 3.8) is 0 Å². The summed E-state index contributed by atoms with van der Waals surface area (Å²) >= 11 is 0. The molecule has 0 atom stereocenters. The van der Waals surface area contributed by atoms with E-state index in [1.165, 1.54) is 12.1 Å². The number of benzene rings is 2. The van der Waals surface area contributed by atoms with E-state index in [0.29, 0.717) is 23.3 Å². The second-order valence-electron chi connectivity index (χ2n) is 4.02. The molecule has 0 fully saturated rings. The van der Waals surface area contributed by atoms with Crippen LogP contribution in [0.5, 0.6) is 5.75 Å². The van der Waals surface area contributed by atoms with Gasteiger partial charge in [-0.25, -0.2) is 8.78 Å². The summed E-state index contributed by atoms with van der Waals surface area (Å²) in [4.78, 5) is 0. The fraction of sp³-hybridized carbons (Fsp3) is 0.200. The lowest BCUT2D eigenvalue weighted by atomic mass is 10.0. The zero-order valence-electron chi connectivity index (χ0n) is 10.3. The average Bonchev–Trinajstić information content (AvgIpc) is 2.38. The van der Waals surface area contributed by atoms with Gasteiger partial charge in [0.25, 0.3) is 0 Å². The summed E-state index contributed by atoms with van der Waals surface area (Å²) in [6, 6.07) is 9.41. The Bertz CT molecular complexity index is 524. The third kappa shape index (κ3) is 2.35. The monoisotopic (exact) mass is 248 g/mol. The number of ether oxygens (including phenoxy) is 1. The first-order valence-corrected chi connectivity index (χ1v) is 5.78. The Morgan fingerprint density at radius 3 is 2.00 bits per heavy atom. The molecule has 2 aromatic rings. The van der Waals surface area contributed by atoms with E-state index in [1.54, 1.807) is 31.4 Å². The Hall–Kier alpha value is -1.90. The number of rotatable bonds is 3. The lowest BCUT2D eigenvalue weighted by Gasteiger charge is -2.08. The molecule has 0 aliphatic rings. The van der Waals surface area contributed by atoms with E-state index in [0.717, 1.165) is 0 Å². The molecule has 0 heterocycles. The summed E-state index contributed by atoms with van der Waals surface area (Å²) in [5.41, 5.74) is 1.17. The van der Waals surface area contributed by atoms with Crippen molar-refractivity contribution < 1.29 is 13.5 Å². The van der Waals surface area contributed by atoms with Crippen LogP contribution in [0.15, 0.2) is 36.4 Å². The van der Waals surface area contributed by atoms with Gasteiger partial charge in [0.2, 0.25) is 0 Å². The topological polar surface area (TPSA) is 9.23 Å². The lowest BCUT2D eigenvalue weighted by Crippen LogP contribution is -1.94. The van der Waals surface area contributed by atoms with Crippen LogP contribution >= 0.6 is 0 Å². The van der Waals surface area contributed by atoms with Gasteiger partial charge < -0.3 is 4.74 Å². The van der Waals surface area contributed by atoms with E-state index in [2.05, 4.69) is 0 Å². The highest BCUT2D eigenvalue weighted by Crippen LogP contribution is 2.28. The smallest absolute Gasteiger partial charge is 0.134 e. The van der Waals surface area contributed by atoms with Crippen molar-refractivity contribution in [2.45, 2.75) is 13.3 Å². The first-order valence-electron chi connectivity index (χ1n) is 5.78. The first kappa shape index (κ1) is 12.6. The van der Waals surface area contributed by atoms with E-state index >= 15 is 0 Å². The summed E-state index contributed by atoms with van der Waals surface area (Å²) in [7, 11) is 1.55. The SMILES string of the molecule is CCc1cc(F)c(-c2ccc(OC)cc2)c(F)c1. The van der Waals surface area contributed by atoms with Crippen molar-refractivity contribution >= 4 is 0 Å². The Balaban J connectivity index is 2.49. The third-order valence-electron chi connectivity index (χ3n) is 2.89. The quantitative estimate of drug-likeness (QED) is 0.790. The molecule has 0 saturated carbocycles. The summed E-state index contributed by atoms with van der Waals surface area (Å²) in [5.74, 6) is -0.404. The molecule has 0 aromatic heterocycles. The number of aryl methyl sites for hydroxylation is 1. The molecule has 0 bridgehead atoms. The maximum Gasteiger partial charge on any atom is 0.134 e. The molecule has 94 valence electrons. The zero-order chi connectivity index (χ0) is 13.1. The van der Waals surface area contributed by atoms with Crippen molar-refractivity contribution in [3.05, 3.63) is 53.6 Å². The van der Waals surface area contributed by atoms with Crippen LogP contribution in [0.2, 0.25) is 0 Å². The molecule has 2 aromatic carbocycles. The molecule has 0 spiro atoms. The number of hydrogen-bond donors (Lipinski definition) is 0. The molecule has 0 saturated heterocycles. The number of methoxy groups -OCH3 is 1. The fourth-order valence-electron chi connectivity index (χ4n) is 1.86. The molecule has 0 amide bonds. The standard InChI is InChI=1S/C15H14F2O/c1-3-10-8-13(16)15(14(17)9-10)11-4-6-12(18-2)7-5-11/h4-9H,3H2,1-2H3. The van der Waals surface area contributed by atoms with Crippen molar-refractivity contribution in [2.75, 3.05) is 7.11 Å². The molecular weight excluding hydrogens is 234 g/mol. The van der Waals surface area contributed by atoms with Crippen molar-refractivity contribution in [2.24, 2.45) is 0 Å². The predicted molar refractivity (Wildman–Crippen MR) is 67.7 cm³/mol. The molecule has 2 rings (SSSR count). The van der Waals surface area contributed by atoms with Gasteiger partial charge in [-0.3, -0.25) is 0 Å². The van der Waals surface area contributed by atoms with Gasteiger partial charge in [-0.1, -0.05) is 19.1 Å². The molecule has 0 aliphatic carbocycles. The van der Waals surface area contributed by atoms with Gasteiger partial charge in [0.05, 0.1) is 12.7 Å². The summed E-state index contributed by atoms with van der Waals surface area (Å²) in [5, 5.41) is 0. The first-order chi connectivity index (χ1) is 8.65. The molecule has 0 radical (unpaired) electrons. The minimum Gasteiger partial charge on any atom is -0.497 e. The Morgan fingerprint density at radius 1 is 1.00 bits per heavy atom. The van der Waals surface area contributed by atoms with Crippen LogP contribution in [0, 0.1) is 11.6 Å². The predicted octanol–water partition coefficient (Wildman–Crippen LogP) is 4.20. The van der Waals surface area contributed by atoms with Crippen LogP contribution < -0.4 is 4.74 Å². The summed E-state index contributed by atoms with van der Waals surface area (Å²) < 4.78 is 32.8. The van der Waals surface area contributed by atoms with Gasteiger partial charge in [-0.2, -0.15) is 0 Å². The van der Waals surface area contributed by atoms with E-state index in [9.17, 15) is 8.78 Å². The minimum absolute atomic E-state index is 0.00912. The molecule has 0 aliphatic heterocycles. The zero-order valence-corrected chi connectivity index (χ0v) is 10.3. The van der Waals surface area contributed by atoms with Crippen LogP contribution in [0.3, 0.4) is 0 Å². The Labute approximate surface area is 105 Å². The average molecular weight is 248 g/mol. The maximum absolute atomic E-state index is 13.9. The van der Waals surface area contributed by atoms with E-state index in [4.69, 9.17) is 4.74 Å². The van der Waals surface area contributed by atoms with Gasteiger partial charge in [0.1, 0.15) is 17.4 Å². The van der Waals surface area contributed by atoms with Crippen molar-refractivity contribution in [1.29, 1.82) is 0 Å². The van der Waals surface area contributed by atoms with Crippen LogP contribution in [-0.4, -0.2) is 7.11 Å². The van der Waals surface area contributed by atoms with E-state index < -0.39 is 11.6 Å². The van der Waals surface area contributed by atoms with Gasteiger partial charge >= 0.3 is 0 Å². The maximum atomic E-state index is 13.9. The van der Waals surface area contributed by atoms with Crippen LogP contribution in [0.4, 0.5) is 8.78 Å². The van der Waals surface area contributed by atoms with E-state index in [1.807, 2.05) is 6.92 Å². The van der Waals surface area contributed by atoms with Gasteiger partial charge in [-0.15, -0.1) is 0 Å². The van der Waals surface area contributed by atoms with Crippen LogP contribution in [0.25, 0.3) is 11.1 Å². The van der Waals surface area contributed by atoms with Crippen LogP contribution in [-0.2, 0) is 6.42 Å². The Kier molecular flexibility index (Phi) is 3.60. The number of hydrogen-bond acceptors (Lipinski definition) is 1. The summed E-state index contributed by atoms with van der Waals surface area (Å²) in [6.45, 7) is 1.86. The highest BCUT2D eigenvalue weighted by molar-refractivity contribution is 5.66. The molecule has 0 unspecified atom stereocenters. The second-order valence-corrected chi connectivity index (χ2v) is 4.02. The highest BCUT2D eigenvalue weighted by atomic mass is 19.1.